The van der Waals surface area contributed by atoms with Crippen LogP contribution in [0.4, 0.5) is 5.82 Å². The minimum atomic E-state index is 0.557. The number of fused-ring (bicyclic) bond motifs is 3. The lowest BCUT2D eigenvalue weighted by Gasteiger charge is -2.05. The molecule has 0 spiro atoms. The number of nitrogens with two attached hydrogens (primary N) is 1. The topological polar surface area (TPSA) is 76.7 Å². The van der Waals surface area contributed by atoms with Gasteiger partial charge >= 0.3 is 0 Å². The van der Waals surface area contributed by atoms with Crippen molar-refractivity contribution in [1.82, 2.24) is 15.0 Å². The van der Waals surface area contributed by atoms with Gasteiger partial charge in [0, 0.05) is 28.5 Å². The van der Waals surface area contributed by atoms with Gasteiger partial charge < -0.3 is 11.1 Å². The first kappa shape index (κ1) is 16.4. The second kappa shape index (κ2) is 6.67. The molecule has 126 valence electrons. The maximum Gasteiger partial charge on any atom is 0.147 e. The average molecular weight is 414 g/mol. The van der Waals surface area contributed by atoms with Crippen molar-refractivity contribution in [3.05, 3.63) is 46.7 Å². The van der Waals surface area contributed by atoms with Gasteiger partial charge in [-0.1, -0.05) is 28.1 Å². The highest BCUT2D eigenvalue weighted by molar-refractivity contribution is 9.10. The molecule has 4 aromatic rings. The zero-order valence-corrected chi connectivity index (χ0v) is 16.0. The summed E-state index contributed by atoms with van der Waals surface area (Å²) >= 11 is 5.09. The lowest BCUT2D eigenvalue weighted by Crippen LogP contribution is -2.13. The molecule has 5 nitrogen and oxygen atoms in total. The van der Waals surface area contributed by atoms with Crippen LogP contribution in [0.25, 0.3) is 31.7 Å². The molecule has 25 heavy (non-hydrogen) atoms. The molecule has 7 heteroatoms. The van der Waals surface area contributed by atoms with Crippen LogP contribution in [-0.2, 0) is 0 Å². The fourth-order valence-electron chi connectivity index (χ4n) is 2.84. The summed E-state index contributed by atoms with van der Waals surface area (Å²) in [4.78, 5) is 14.7. The van der Waals surface area contributed by atoms with Crippen molar-refractivity contribution in [1.29, 1.82) is 0 Å². The Morgan fingerprint density at radius 2 is 2.00 bits per heavy atom. The number of rotatable bonds is 4. The van der Waals surface area contributed by atoms with Crippen molar-refractivity contribution in [3.8, 4) is 11.3 Å². The molecule has 3 aromatic heterocycles. The standard InChI is InChI=1S/C18H16BrN5S/c1-10-8-13(11-2-4-12(19)5-3-11)24-18-14(10)15-16(25-18)17(21-7-6-20)23-9-22-15/h2-5,8-9H,6-7,20H2,1H3,(H,21,22,23). The summed E-state index contributed by atoms with van der Waals surface area (Å²) < 4.78 is 2.08. The van der Waals surface area contributed by atoms with E-state index in [1.165, 1.54) is 0 Å². The molecule has 0 radical (unpaired) electrons. The monoisotopic (exact) mass is 413 g/mol. The predicted molar refractivity (Wildman–Crippen MR) is 108 cm³/mol. The number of anilines is 1. The maximum absolute atomic E-state index is 5.60. The normalized spacial score (nSPS) is 11.3. The zero-order chi connectivity index (χ0) is 17.4. The van der Waals surface area contributed by atoms with Gasteiger partial charge in [0.25, 0.3) is 0 Å². The minimum absolute atomic E-state index is 0.557. The molecule has 1 aromatic carbocycles. The van der Waals surface area contributed by atoms with E-state index in [1.54, 1.807) is 17.7 Å². The van der Waals surface area contributed by atoms with E-state index in [1.807, 2.05) is 12.1 Å². The van der Waals surface area contributed by atoms with Crippen molar-refractivity contribution < 1.29 is 0 Å². The maximum atomic E-state index is 5.60. The second-order valence-corrected chi connectivity index (χ2v) is 7.64. The summed E-state index contributed by atoms with van der Waals surface area (Å²) in [6.45, 7) is 3.34. The Labute approximate surface area is 157 Å². The molecule has 0 atom stereocenters. The number of thiophene rings is 1. The summed E-state index contributed by atoms with van der Waals surface area (Å²) in [6, 6.07) is 10.3. The fraction of sp³-hybridized carbons (Fsp3) is 0.167. The number of benzene rings is 1. The number of nitrogens with one attached hydrogen (secondary N) is 1. The van der Waals surface area contributed by atoms with Crippen molar-refractivity contribution >= 4 is 53.5 Å². The molecule has 0 aliphatic rings. The van der Waals surface area contributed by atoms with Gasteiger partial charge in [0.2, 0.25) is 0 Å². The summed E-state index contributed by atoms with van der Waals surface area (Å²) in [6.07, 6.45) is 1.59. The lowest BCUT2D eigenvalue weighted by atomic mass is 10.1. The van der Waals surface area contributed by atoms with E-state index < -0.39 is 0 Å². The first-order valence-corrected chi connectivity index (χ1v) is 9.53. The number of halogens is 1. The highest BCUT2D eigenvalue weighted by atomic mass is 79.9. The first-order valence-electron chi connectivity index (χ1n) is 7.92. The van der Waals surface area contributed by atoms with Gasteiger partial charge in [0.1, 0.15) is 17.0 Å². The van der Waals surface area contributed by atoms with Gasteiger partial charge in [-0.05, 0) is 30.7 Å². The van der Waals surface area contributed by atoms with Gasteiger partial charge in [-0.15, -0.1) is 11.3 Å². The Morgan fingerprint density at radius 1 is 1.20 bits per heavy atom. The Balaban J connectivity index is 1.91. The Morgan fingerprint density at radius 3 is 2.76 bits per heavy atom. The van der Waals surface area contributed by atoms with Crippen molar-refractivity contribution in [2.24, 2.45) is 5.73 Å². The van der Waals surface area contributed by atoms with E-state index in [2.05, 4.69) is 56.3 Å². The fourth-order valence-corrected chi connectivity index (χ4v) is 4.27. The van der Waals surface area contributed by atoms with Crippen LogP contribution in [-0.4, -0.2) is 28.0 Å². The van der Waals surface area contributed by atoms with Gasteiger partial charge in [0.05, 0.1) is 15.9 Å². The van der Waals surface area contributed by atoms with Gasteiger partial charge in [-0.2, -0.15) is 0 Å². The van der Waals surface area contributed by atoms with Crippen LogP contribution >= 0.6 is 27.3 Å². The van der Waals surface area contributed by atoms with Crippen LogP contribution in [0.2, 0.25) is 0 Å². The molecule has 3 N–H and O–H groups in total. The first-order chi connectivity index (χ1) is 12.2. The Bertz CT molecular complexity index is 1060. The van der Waals surface area contributed by atoms with Crippen molar-refractivity contribution in [3.63, 3.8) is 0 Å². The number of aryl methyl sites for hydroxylation is 1. The summed E-state index contributed by atoms with van der Waals surface area (Å²) in [7, 11) is 0. The number of nitrogens with zero attached hydrogens (tertiary/aromatic N) is 3. The minimum Gasteiger partial charge on any atom is -0.368 e. The van der Waals surface area contributed by atoms with Crippen LogP contribution < -0.4 is 11.1 Å². The third kappa shape index (κ3) is 2.99. The molecular formula is C18H16BrN5S. The summed E-state index contributed by atoms with van der Waals surface area (Å²) in [5, 5.41) is 4.37. The largest absolute Gasteiger partial charge is 0.368 e. The van der Waals surface area contributed by atoms with Crippen LogP contribution in [0.3, 0.4) is 0 Å². The van der Waals surface area contributed by atoms with Crippen molar-refractivity contribution in [2.75, 3.05) is 18.4 Å². The van der Waals surface area contributed by atoms with E-state index in [0.717, 1.165) is 47.5 Å². The molecule has 0 fully saturated rings. The van der Waals surface area contributed by atoms with Gasteiger partial charge in [-0.25, -0.2) is 15.0 Å². The van der Waals surface area contributed by atoms with E-state index in [0.29, 0.717) is 13.1 Å². The SMILES string of the molecule is Cc1cc(-c2ccc(Br)cc2)nc2sc3c(NCCN)ncnc3c12. The van der Waals surface area contributed by atoms with E-state index in [-0.39, 0.29) is 0 Å². The molecule has 3 heterocycles. The quantitative estimate of drug-likeness (QED) is 0.519. The molecule has 0 aliphatic carbocycles. The van der Waals surface area contributed by atoms with Crippen LogP contribution in [0.15, 0.2) is 41.1 Å². The lowest BCUT2D eigenvalue weighted by molar-refractivity contribution is 1.01. The number of hydrogen-bond donors (Lipinski definition) is 2. The zero-order valence-electron chi connectivity index (χ0n) is 13.6. The van der Waals surface area contributed by atoms with Crippen LogP contribution in [0, 0.1) is 6.92 Å². The molecule has 0 aliphatic heterocycles. The molecule has 4 rings (SSSR count). The number of hydrogen-bond acceptors (Lipinski definition) is 6. The number of pyridine rings is 1. The smallest absolute Gasteiger partial charge is 0.147 e. The highest BCUT2D eigenvalue weighted by Crippen LogP contribution is 2.38. The van der Waals surface area contributed by atoms with E-state index >= 15 is 0 Å². The third-order valence-corrected chi connectivity index (χ3v) is 5.61. The Hall–Kier alpha value is -2.09. The summed E-state index contributed by atoms with van der Waals surface area (Å²) in [5.41, 5.74) is 9.77. The predicted octanol–water partition coefficient (Wildman–Crippen LogP) is 4.35. The molecule has 0 saturated carbocycles. The molecule has 0 bridgehead atoms. The Kier molecular flexibility index (Phi) is 4.37. The highest BCUT2D eigenvalue weighted by Gasteiger charge is 2.15. The van der Waals surface area contributed by atoms with E-state index in [4.69, 9.17) is 10.7 Å². The van der Waals surface area contributed by atoms with Crippen LogP contribution in [0.1, 0.15) is 5.56 Å². The van der Waals surface area contributed by atoms with Crippen molar-refractivity contribution in [2.45, 2.75) is 6.92 Å². The molecule has 0 unspecified atom stereocenters. The molecule has 0 amide bonds. The molecular weight excluding hydrogens is 398 g/mol. The molecule has 0 saturated heterocycles. The van der Waals surface area contributed by atoms with Gasteiger partial charge in [-0.3, -0.25) is 0 Å². The third-order valence-electron chi connectivity index (χ3n) is 4.00. The van der Waals surface area contributed by atoms with Gasteiger partial charge in [0.15, 0.2) is 0 Å². The van der Waals surface area contributed by atoms with Crippen LogP contribution in [0.5, 0.6) is 0 Å². The average Bonchev–Trinajstić information content (AvgIpc) is 3.00. The van der Waals surface area contributed by atoms with E-state index in [9.17, 15) is 0 Å². The number of aromatic nitrogens is 3. The second-order valence-electron chi connectivity index (χ2n) is 5.73. The summed E-state index contributed by atoms with van der Waals surface area (Å²) in [5.74, 6) is 0.822.